The van der Waals surface area contributed by atoms with E-state index < -0.39 is 16.1 Å². The van der Waals surface area contributed by atoms with E-state index in [2.05, 4.69) is 34.4 Å². The summed E-state index contributed by atoms with van der Waals surface area (Å²) in [5.74, 6) is 0.675. The van der Waals surface area contributed by atoms with Gasteiger partial charge in [-0.15, -0.1) is 0 Å². The van der Waals surface area contributed by atoms with Crippen LogP contribution in [0.2, 0.25) is 0 Å². The zero-order valence-corrected chi connectivity index (χ0v) is 28.1. The number of anilines is 1. The fourth-order valence-electron chi connectivity index (χ4n) is 5.35. The Hall–Kier alpha value is -5.26. The van der Waals surface area contributed by atoms with E-state index in [1.165, 1.54) is 3.97 Å². The first-order valence-electron chi connectivity index (χ1n) is 15.7. The Morgan fingerprint density at radius 2 is 1.65 bits per heavy atom. The maximum absolute atomic E-state index is 13.5. The Morgan fingerprint density at radius 1 is 0.958 bits per heavy atom. The van der Waals surface area contributed by atoms with Crippen molar-refractivity contribution in [3.05, 3.63) is 133 Å². The fourth-order valence-corrected chi connectivity index (χ4v) is 6.74. The number of amides is 1. The molecule has 10 nitrogen and oxygen atoms in total. The van der Waals surface area contributed by atoms with Gasteiger partial charge in [-0.2, -0.15) is 0 Å². The molecule has 11 heteroatoms. The molecule has 0 saturated carbocycles. The summed E-state index contributed by atoms with van der Waals surface area (Å²) in [6.45, 7) is 11.0. The number of fused-ring (bicyclic) bond motifs is 1. The van der Waals surface area contributed by atoms with Crippen molar-refractivity contribution >= 4 is 44.2 Å². The highest BCUT2D eigenvalue weighted by molar-refractivity contribution is 7.90. The molecular formula is C37H40N6O4S. The zero-order chi connectivity index (χ0) is 34.1. The zero-order valence-electron chi connectivity index (χ0n) is 27.3. The number of pyridine rings is 1. The third-order valence-electron chi connectivity index (χ3n) is 7.66. The standard InChI is InChI=1S/C37H40N6O4S/c1-26(38-22-31-19-20-32(23-39-31)42-37(44)47-25-30-13-7-5-8-14-30)21-27(2)40-29(4)41-28(3)35-24-43(36-18-12-11-17-34(35)36)48(45,46)33-15-9-6-10-16-33/h5-20,23-24,26-27,38H,3,21-22,25H2,1-2,4H3,(H,40,41)(H,42,44)/t26-,27+/m0/s1. The van der Waals surface area contributed by atoms with Crippen LogP contribution in [0.4, 0.5) is 10.5 Å². The molecule has 0 unspecified atom stereocenters. The molecule has 0 bridgehead atoms. The predicted octanol–water partition coefficient (Wildman–Crippen LogP) is 6.96. The van der Waals surface area contributed by atoms with Gasteiger partial charge in [0.05, 0.1) is 39.9 Å². The average molecular weight is 665 g/mol. The molecule has 3 aromatic carbocycles. The second-order valence-electron chi connectivity index (χ2n) is 11.6. The summed E-state index contributed by atoms with van der Waals surface area (Å²) in [5, 5.41) is 10.2. The minimum absolute atomic E-state index is 0.00552. The number of nitrogens with one attached hydrogen (secondary N) is 3. The first-order valence-corrected chi connectivity index (χ1v) is 17.1. The Morgan fingerprint density at radius 3 is 2.35 bits per heavy atom. The second kappa shape index (κ2) is 15.6. The molecule has 0 fully saturated rings. The van der Waals surface area contributed by atoms with Crippen molar-refractivity contribution in [2.45, 2.75) is 57.3 Å². The van der Waals surface area contributed by atoms with Gasteiger partial charge in [-0.05, 0) is 63.1 Å². The third kappa shape index (κ3) is 8.75. The molecular weight excluding hydrogens is 625 g/mol. The van der Waals surface area contributed by atoms with E-state index in [0.29, 0.717) is 34.8 Å². The Kier molecular flexibility index (Phi) is 11.0. The first-order chi connectivity index (χ1) is 23.1. The van der Waals surface area contributed by atoms with Gasteiger partial charge < -0.3 is 15.4 Å². The van der Waals surface area contributed by atoms with Crippen molar-refractivity contribution in [3.8, 4) is 0 Å². The van der Waals surface area contributed by atoms with E-state index >= 15 is 0 Å². The lowest BCUT2D eigenvalue weighted by molar-refractivity contribution is 0.155. The highest BCUT2D eigenvalue weighted by atomic mass is 32.2. The van der Waals surface area contributed by atoms with E-state index in [1.807, 2.05) is 68.4 Å². The SMILES string of the molecule is C=C(NC(C)=N[C@H](C)C[C@H](C)NCc1ccc(NC(=O)OCc2ccccc2)cn1)c1cn(S(=O)(=O)c2ccccc2)c2ccccc12. The van der Waals surface area contributed by atoms with Crippen LogP contribution in [0.5, 0.6) is 0 Å². The van der Waals surface area contributed by atoms with Crippen LogP contribution >= 0.6 is 0 Å². The van der Waals surface area contributed by atoms with Gasteiger partial charge in [0.15, 0.2) is 0 Å². The van der Waals surface area contributed by atoms with Crippen molar-refractivity contribution in [1.82, 2.24) is 19.6 Å². The number of aliphatic imine (C=N–C) groups is 1. The number of ether oxygens (including phenoxy) is 1. The summed E-state index contributed by atoms with van der Waals surface area (Å²) < 4.78 is 33.5. The molecule has 2 aromatic heterocycles. The monoisotopic (exact) mass is 664 g/mol. The van der Waals surface area contributed by atoms with E-state index in [1.54, 1.807) is 54.9 Å². The summed E-state index contributed by atoms with van der Waals surface area (Å²) in [5.41, 5.74) is 4.12. The molecule has 2 atom stereocenters. The number of para-hydroxylation sites is 1. The van der Waals surface area contributed by atoms with Crippen LogP contribution in [0, 0.1) is 0 Å². The number of hydrogen-bond donors (Lipinski definition) is 3. The summed E-state index contributed by atoms with van der Waals surface area (Å²) in [7, 11) is -3.80. The van der Waals surface area contributed by atoms with E-state index in [4.69, 9.17) is 9.73 Å². The highest BCUT2D eigenvalue weighted by Crippen LogP contribution is 2.29. The van der Waals surface area contributed by atoms with Gasteiger partial charge in [0.25, 0.3) is 10.0 Å². The second-order valence-corrected chi connectivity index (χ2v) is 13.4. The molecule has 0 aliphatic heterocycles. The van der Waals surface area contributed by atoms with E-state index in [-0.39, 0.29) is 23.6 Å². The van der Waals surface area contributed by atoms with Gasteiger partial charge >= 0.3 is 6.09 Å². The van der Waals surface area contributed by atoms with Crippen LogP contribution in [-0.2, 0) is 27.9 Å². The molecule has 248 valence electrons. The van der Waals surface area contributed by atoms with Gasteiger partial charge in [-0.25, -0.2) is 17.2 Å². The van der Waals surface area contributed by atoms with Crippen LogP contribution in [-0.4, -0.2) is 41.4 Å². The Bertz CT molecular complexity index is 1990. The molecule has 5 rings (SSSR count). The molecule has 2 heterocycles. The van der Waals surface area contributed by atoms with Gasteiger partial charge in [0, 0.05) is 35.4 Å². The molecule has 0 spiro atoms. The van der Waals surface area contributed by atoms with Crippen LogP contribution in [0.15, 0.2) is 126 Å². The quantitative estimate of drug-likeness (QED) is 0.0918. The summed E-state index contributed by atoms with van der Waals surface area (Å²) in [6.07, 6.45) is 3.45. The van der Waals surface area contributed by atoms with Crippen molar-refractivity contribution in [2.24, 2.45) is 4.99 Å². The normalized spacial score (nSPS) is 13.1. The number of amidine groups is 1. The van der Waals surface area contributed by atoms with Crippen molar-refractivity contribution < 1.29 is 17.9 Å². The largest absolute Gasteiger partial charge is 0.444 e. The number of aromatic nitrogens is 2. The van der Waals surface area contributed by atoms with Gasteiger partial charge in [0.1, 0.15) is 6.61 Å². The topological polar surface area (TPSA) is 127 Å². The molecule has 48 heavy (non-hydrogen) atoms. The lowest BCUT2D eigenvalue weighted by Gasteiger charge is -2.17. The first kappa shape index (κ1) is 34.1. The molecule has 5 aromatic rings. The minimum Gasteiger partial charge on any atom is -0.444 e. The molecule has 0 saturated heterocycles. The predicted molar refractivity (Wildman–Crippen MR) is 191 cm³/mol. The number of hydrogen-bond acceptors (Lipinski definition) is 7. The van der Waals surface area contributed by atoms with E-state index in [9.17, 15) is 13.2 Å². The number of carbonyl (C=O) groups is 1. The number of carbonyl (C=O) groups excluding carboxylic acids is 1. The van der Waals surface area contributed by atoms with Crippen LogP contribution in [0.25, 0.3) is 16.6 Å². The summed E-state index contributed by atoms with van der Waals surface area (Å²) in [4.78, 5) is 21.6. The van der Waals surface area contributed by atoms with E-state index in [0.717, 1.165) is 23.1 Å². The number of rotatable bonds is 13. The lowest BCUT2D eigenvalue weighted by Crippen LogP contribution is -2.29. The van der Waals surface area contributed by atoms with Gasteiger partial charge in [0.2, 0.25) is 0 Å². The number of nitrogens with zero attached hydrogens (tertiary/aromatic N) is 3. The maximum atomic E-state index is 13.5. The van der Waals surface area contributed by atoms with Gasteiger partial charge in [-0.1, -0.05) is 73.3 Å². The summed E-state index contributed by atoms with van der Waals surface area (Å²) in [6, 6.07) is 29.0. The smallest absolute Gasteiger partial charge is 0.412 e. The van der Waals surface area contributed by atoms with Crippen molar-refractivity contribution in [1.29, 1.82) is 0 Å². The van der Waals surface area contributed by atoms with Crippen LogP contribution in [0.1, 0.15) is 44.0 Å². The number of benzene rings is 3. The Balaban J connectivity index is 1.12. The van der Waals surface area contributed by atoms with Crippen LogP contribution < -0.4 is 16.0 Å². The third-order valence-corrected chi connectivity index (χ3v) is 9.35. The average Bonchev–Trinajstić information content (AvgIpc) is 3.49. The van der Waals surface area contributed by atoms with Gasteiger partial charge in [-0.3, -0.25) is 15.3 Å². The molecule has 0 aliphatic rings. The molecule has 3 N–H and O–H groups in total. The van der Waals surface area contributed by atoms with Crippen molar-refractivity contribution in [3.63, 3.8) is 0 Å². The fraction of sp³-hybridized carbons (Fsp3) is 0.216. The molecule has 1 amide bonds. The lowest BCUT2D eigenvalue weighted by atomic mass is 10.1. The molecule has 0 radical (unpaired) electrons. The summed E-state index contributed by atoms with van der Waals surface area (Å²) >= 11 is 0. The molecule has 0 aliphatic carbocycles. The highest BCUT2D eigenvalue weighted by Gasteiger charge is 2.22. The van der Waals surface area contributed by atoms with Crippen LogP contribution in [0.3, 0.4) is 0 Å². The maximum Gasteiger partial charge on any atom is 0.412 e. The Labute approximate surface area is 281 Å². The minimum atomic E-state index is -3.80. The van der Waals surface area contributed by atoms with Crippen molar-refractivity contribution in [2.75, 3.05) is 5.32 Å².